The highest BCUT2D eigenvalue weighted by Gasteiger charge is 2.30. The van der Waals surface area contributed by atoms with Crippen LogP contribution in [0.3, 0.4) is 0 Å². The molecule has 0 aliphatic carbocycles. The number of ether oxygens (including phenoxy) is 2. The van der Waals surface area contributed by atoms with Gasteiger partial charge in [-0.1, -0.05) is 40.2 Å². The molecule has 0 unspecified atom stereocenters. The summed E-state index contributed by atoms with van der Waals surface area (Å²) in [6, 6.07) is 14.1. The number of fused-ring (bicyclic) bond motifs is 3. The molecule has 1 amide bonds. The van der Waals surface area contributed by atoms with E-state index in [0.29, 0.717) is 17.9 Å². The Morgan fingerprint density at radius 2 is 1.74 bits per heavy atom. The third-order valence-corrected chi connectivity index (χ3v) is 6.16. The van der Waals surface area contributed by atoms with Crippen LogP contribution < -0.4 is 14.8 Å². The summed E-state index contributed by atoms with van der Waals surface area (Å²) in [4.78, 5) is 12.5. The Morgan fingerprint density at radius 1 is 1.00 bits per heavy atom. The first kappa shape index (κ1) is 18.3. The molecule has 3 aromatic carbocycles. The number of rotatable bonds is 3. The standard InChI is InChI=1S/C21H17Br2NO3/c1-26-18-8-11(7-17(23)21(18)27-2)14-10-19(25)24-20-13-6-4-3-5-12(13)16(22)9-15(14)20/h3-9,14H,10H2,1-2H3,(H,24,25)/t14-/m1/s1. The second-order valence-electron chi connectivity index (χ2n) is 6.41. The van der Waals surface area contributed by atoms with Crippen molar-refractivity contribution >= 4 is 54.2 Å². The summed E-state index contributed by atoms with van der Waals surface area (Å²) in [5, 5.41) is 5.17. The maximum absolute atomic E-state index is 12.5. The first-order valence-corrected chi connectivity index (χ1v) is 10.0. The van der Waals surface area contributed by atoms with Gasteiger partial charge in [-0.2, -0.15) is 0 Å². The minimum atomic E-state index is -0.0780. The SMILES string of the molecule is COc1cc([C@H]2CC(=O)Nc3c2cc(Br)c2ccccc32)cc(Br)c1OC. The van der Waals surface area contributed by atoms with Crippen molar-refractivity contribution < 1.29 is 14.3 Å². The first-order chi connectivity index (χ1) is 13.0. The van der Waals surface area contributed by atoms with Gasteiger partial charge < -0.3 is 14.8 Å². The molecule has 27 heavy (non-hydrogen) atoms. The molecule has 4 rings (SSSR count). The largest absolute Gasteiger partial charge is 0.493 e. The minimum absolute atomic E-state index is 0.00545. The van der Waals surface area contributed by atoms with Gasteiger partial charge in [0.25, 0.3) is 0 Å². The average molecular weight is 491 g/mol. The van der Waals surface area contributed by atoms with Crippen molar-refractivity contribution in [3.05, 3.63) is 62.5 Å². The zero-order valence-corrected chi connectivity index (χ0v) is 18.0. The first-order valence-electron chi connectivity index (χ1n) is 8.46. The third-order valence-electron chi connectivity index (χ3n) is 4.91. The van der Waals surface area contributed by atoms with Crippen molar-refractivity contribution in [2.75, 3.05) is 19.5 Å². The summed E-state index contributed by atoms with van der Waals surface area (Å²) in [7, 11) is 3.22. The van der Waals surface area contributed by atoms with Crippen molar-refractivity contribution in [3.8, 4) is 11.5 Å². The predicted molar refractivity (Wildman–Crippen MR) is 114 cm³/mol. The molecule has 1 aliphatic rings. The third kappa shape index (κ3) is 3.11. The number of hydrogen-bond acceptors (Lipinski definition) is 3. The number of anilines is 1. The number of halogens is 2. The van der Waals surface area contributed by atoms with E-state index in [4.69, 9.17) is 9.47 Å². The molecule has 0 saturated heterocycles. The second kappa shape index (κ2) is 7.17. The molecule has 0 radical (unpaired) electrons. The fraction of sp³-hybridized carbons (Fsp3) is 0.190. The summed E-state index contributed by atoms with van der Waals surface area (Å²) in [6.07, 6.45) is 0.375. The summed E-state index contributed by atoms with van der Waals surface area (Å²) >= 11 is 7.25. The Kier molecular flexibility index (Phi) is 4.86. The van der Waals surface area contributed by atoms with E-state index in [-0.39, 0.29) is 11.8 Å². The van der Waals surface area contributed by atoms with Gasteiger partial charge in [0.2, 0.25) is 5.91 Å². The van der Waals surface area contributed by atoms with Gasteiger partial charge in [-0.3, -0.25) is 4.79 Å². The van der Waals surface area contributed by atoms with Crippen LogP contribution in [0.2, 0.25) is 0 Å². The number of carbonyl (C=O) groups excluding carboxylic acids is 1. The Hall–Kier alpha value is -2.05. The van der Waals surface area contributed by atoms with Crippen LogP contribution in [-0.4, -0.2) is 20.1 Å². The number of methoxy groups -OCH3 is 2. The van der Waals surface area contributed by atoms with Crippen LogP contribution in [0.4, 0.5) is 5.69 Å². The molecule has 1 N–H and O–H groups in total. The molecule has 6 heteroatoms. The Bertz CT molecular complexity index is 1060. The summed E-state index contributed by atoms with van der Waals surface area (Å²) in [6.45, 7) is 0. The van der Waals surface area contributed by atoms with Crippen molar-refractivity contribution in [1.82, 2.24) is 0 Å². The van der Waals surface area contributed by atoms with Gasteiger partial charge in [-0.15, -0.1) is 0 Å². The smallest absolute Gasteiger partial charge is 0.225 e. The van der Waals surface area contributed by atoms with Gasteiger partial charge in [-0.25, -0.2) is 0 Å². The van der Waals surface area contributed by atoms with E-state index in [9.17, 15) is 4.79 Å². The van der Waals surface area contributed by atoms with E-state index in [1.165, 1.54) is 0 Å². The topological polar surface area (TPSA) is 47.6 Å². The van der Waals surface area contributed by atoms with Crippen LogP contribution in [-0.2, 0) is 4.79 Å². The van der Waals surface area contributed by atoms with Gasteiger partial charge in [0.1, 0.15) is 0 Å². The molecule has 0 fully saturated rings. The van der Waals surface area contributed by atoms with Crippen molar-refractivity contribution in [3.63, 3.8) is 0 Å². The highest BCUT2D eigenvalue weighted by atomic mass is 79.9. The average Bonchev–Trinajstić information content (AvgIpc) is 2.67. The lowest BCUT2D eigenvalue weighted by Gasteiger charge is -2.28. The zero-order chi connectivity index (χ0) is 19.1. The molecule has 4 nitrogen and oxygen atoms in total. The summed E-state index contributed by atoms with van der Waals surface area (Å²) in [5.41, 5.74) is 2.96. The molecule has 0 saturated carbocycles. The van der Waals surface area contributed by atoms with Crippen LogP contribution in [0.25, 0.3) is 10.8 Å². The molecule has 138 valence electrons. The molecule has 0 aromatic heterocycles. The van der Waals surface area contributed by atoms with Gasteiger partial charge >= 0.3 is 0 Å². The van der Waals surface area contributed by atoms with Crippen LogP contribution >= 0.6 is 31.9 Å². The van der Waals surface area contributed by atoms with E-state index < -0.39 is 0 Å². The van der Waals surface area contributed by atoms with Crippen molar-refractivity contribution in [2.24, 2.45) is 0 Å². The van der Waals surface area contributed by atoms with E-state index in [1.54, 1.807) is 14.2 Å². The van der Waals surface area contributed by atoms with Crippen LogP contribution in [0.15, 0.2) is 51.4 Å². The Balaban J connectivity index is 1.95. The lowest BCUT2D eigenvalue weighted by atomic mass is 9.83. The fourth-order valence-electron chi connectivity index (χ4n) is 3.69. The number of carbonyl (C=O) groups is 1. The lowest BCUT2D eigenvalue weighted by molar-refractivity contribution is -0.116. The van der Waals surface area contributed by atoms with Gasteiger partial charge in [-0.05, 0) is 50.6 Å². The van der Waals surface area contributed by atoms with E-state index in [1.807, 2.05) is 36.4 Å². The zero-order valence-electron chi connectivity index (χ0n) is 14.8. The molecule has 0 spiro atoms. The van der Waals surface area contributed by atoms with Gasteiger partial charge in [0.05, 0.1) is 24.4 Å². The van der Waals surface area contributed by atoms with Gasteiger partial charge in [0, 0.05) is 22.2 Å². The maximum Gasteiger partial charge on any atom is 0.225 e. The predicted octanol–water partition coefficient (Wildman–Crippen LogP) is 5.86. The van der Waals surface area contributed by atoms with E-state index >= 15 is 0 Å². The molecular weight excluding hydrogens is 474 g/mol. The molecule has 1 heterocycles. The van der Waals surface area contributed by atoms with Crippen molar-refractivity contribution in [1.29, 1.82) is 0 Å². The van der Waals surface area contributed by atoms with Crippen LogP contribution in [0.5, 0.6) is 11.5 Å². The Labute approximate surface area is 174 Å². The normalized spacial score (nSPS) is 16.0. The number of benzene rings is 3. The van der Waals surface area contributed by atoms with Crippen molar-refractivity contribution in [2.45, 2.75) is 12.3 Å². The summed E-state index contributed by atoms with van der Waals surface area (Å²) in [5.74, 6) is 1.20. The highest BCUT2D eigenvalue weighted by Crippen LogP contribution is 2.46. The number of amides is 1. The number of hydrogen-bond donors (Lipinski definition) is 1. The van der Waals surface area contributed by atoms with E-state index in [2.05, 4.69) is 43.2 Å². The Morgan fingerprint density at radius 3 is 2.44 bits per heavy atom. The quantitative estimate of drug-likeness (QED) is 0.500. The maximum atomic E-state index is 12.5. The molecular formula is C21H17Br2NO3. The molecule has 3 aromatic rings. The summed E-state index contributed by atoms with van der Waals surface area (Å²) < 4.78 is 12.7. The monoisotopic (exact) mass is 489 g/mol. The highest BCUT2D eigenvalue weighted by molar-refractivity contribution is 9.11. The minimum Gasteiger partial charge on any atom is -0.493 e. The van der Waals surface area contributed by atoms with Gasteiger partial charge in [0.15, 0.2) is 11.5 Å². The molecule has 1 aliphatic heterocycles. The fourth-order valence-corrected chi connectivity index (χ4v) is 4.90. The van der Waals surface area contributed by atoms with E-state index in [0.717, 1.165) is 36.5 Å². The van der Waals surface area contributed by atoms with Crippen LogP contribution in [0.1, 0.15) is 23.5 Å². The lowest BCUT2D eigenvalue weighted by Crippen LogP contribution is -2.24. The van der Waals surface area contributed by atoms with Crippen LogP contribution in [0, 0.1) is 0 Å². The second-order valence-corrected chi connectivity index (χ2v) is 8.12. The number of nitrogens with one attached hydrogen (secondary N) is 1. The molecule has 1 atom stereocenters. The molecule has 0 bridgehead atoms.